The molecule has 0 bridgehead atoms. The molecule has 0 spiro atoms. The predicted octanol–water partition coefficient (Wildman–Crippen LogP) is 1.87. The number of pyridine rings is 1. The van der Waals surface area contributed by atoms with Crippen LogP contribution in [0.4, 0.5) is 5.69 Å². The van der Waals surface area contributed by atoms with Crippen molar-refractivity contribution in [3.05, 3.63) is 24.5 Å². The maximum absolute atomic E-state index is 4.84. The van der Waals surface area contributed by atoms with Gasteiger partial charge in [-0.2, -0.15) is 0 Å². The van der Waals surface area contributed by atoms with E-state index in [0.717, 1.165) is 12.2 Å². The third kappa shape index (κ3) is 1.98. The molecule has 2 nitrogen and oxygen atoms in total. The molecule has 58 valence electrons. The van der Waals surface area contributed by atoms with Crippen LogP contribution in [0.5, 0.6) is 0 Å². The highest BCUT2D eigenvalue weighted by atomic mass is 32.1. The molecule has 1 rings (SSSR count). The number of thiocarbonyl (C=S) groups is 1. The molecule has 0 unspecified atom stereocenters. The Bertz CT molecular complexity index is 223. The Morgan fingerprint density at radius 1 is 1.55 bits per heavy atom. The summed E-state index contributed by atoms with van der Waals surface area (Å²) in [7, 11) is 0. The maximum Gasteiger partial charge on any atom is 0.0685 e. The number of hydrogen-bond donors (Lipinski definition) is 0. The SMILES string of the molecule is CCN(C=S)c1ccncc1. The first-order valence-electron chi connectivity index (χ1n) is 3.50. The third-order valence-electron chi connectivity index (χ3n) is 1.46. The van der Waals surface area contributed by atoms with E-state index < -0.39 is 0 Å². The zero-order valence-electron chi connectivity index (χ0n) is 6.40. The molecule has 0 aliphatic heterocycles. The van der Waals surface area contributed by atoms with E-state index in [1.807, 2.05) is 17.0 Å². The first-order chi connectivity index (χ1) is 5.38. The second-order valence-electron chi connectivity index (χ2n) is 2.10. The third-order valence-corrected chi connectivity index (χ3v) is 1.72. The highest BCUT2D eigenvalue weighted by Crippen LogP contribution is 2.08. The van der Waals surface area contributed by atoms with E-state index in [1.165, 1.54) is 0 Å². The van der Waals surface area contributed by atoms with Gasteiger partial charge in [0.1, 0.15) is 0 Å². The van der Waals surface area contributed by atoms with Gasteiger partial charge in [-0.1, -0.05) is 12.2 Å². The fourth-order valence-corrected chi connectivity index (χ4v) is 1.12. The van der Waals surface area contributed by atoms with Crippen molar-refractivity contribution >= 4 is 23.4 Å². The second kappa shape index (κ2) is 4.03. The zero-order valence-corrected chi connectivity index (χ0v) is 7.21. The van der Waals surface area contributed by atoms with Gasteiger partial charge in [0, 0.05) is 24.6 Å². The fourth-order valence-electron chi connectivity index (χ4n) is 0.853. The lowest BCUT2D eigenvalue weighted by molar-refractivity contribution is 1.08. The second-order valence-corrected chi connectivity index (χ2v) is 2.31. The van der Waals surface area contributed by atoms with Crippen LogP contribution in [-0.4, -0.2) is 17.0 Å². The molecule has 0 fully saturated rings. The monoisotopic (exact) mass is 166 g/mol. The van der Waals surface area contributed by atoms with Crippen molar-refractivity contribution < 1.29 is 0 Å². The predicted molar refractivity (Wildman–Crippen MR) is 50.9 cm³/mol. The summed E-state index contributed by atoms with van der Waals surface area (Å²) < 4.78 is 0. The van der Waals surface area contributed by atoms with Gasteiger partial charge in [-0.05, 0) is 19.1 Å². The van der Waals surface area contributed by atoms with Crippen molar-refractivity contribution in [1.82, 2.24) is 4.98 Å². The molecule has 0 amide bonds. The molecule has 0 atom stereocenters. The molecule has 0 aromatic carbocycles. The summed E-state index contributed by atoms with van der Waals surface area (Å²) >= 11 is 4.84. The summed E-state index contributed by atoms with van der Waals surface area (Å²) in [6.45, 7) is 2.96. The fraction of sp³-hybridized carbons (Fsp3) is 0.250. The van der Waals surface area contributed by atoms with Gasteiger partial charge in [-0.15, -0.1) is 0 Å². The molecule has 0 aliphatic rings. The molecule has 0 radical (unpaired) electrons. The topological polar surface area (TPSA) is 16.1 Å². The molecule has 3 heteroatoms. The van der Waals surface area contributed by atoms with E-state index in [1.54, 1.807) is 17.9 Å². The van der Waals surface area contributed by atoms with Gasteiger partial charge >= 0.3 is 0 Å². The van der Waals surface area contributed by atoms with Crippen molar-refractivity contribution in [2.75, 3.05) is 11.4 Å². The van der Waals surface area contributed by atoms with Crippen molar-refractivity contribution in [3.63, 3.8) is 0 Å². The Morgan fingerprint density at radius 2 is 2.18 bits per heavy atom. The molecule has 0 aliphatic carbocycles. The van der Waals surface area contributed by atoms with E-state index >= 15 is 0 Å². The number of rotatable bonds is 3. The van der Waals surface area contributed by atoms with Gasteiger partial charge in [0.2, 0.25) is 0 Å². The highest BCUT2D eigenvalue weighted by Gasteiger charge is 1.96. The summed E-state index contributed by atoms with van der Waals surface area (Å²) in [5.74, 6) is 0. The molecule has 1 aromatic heterocycles. The van der Waals surface area contributed by atoms with Crippen LogP contribution >= 0.6 is 12.2 Å². The van der Waals surface area contributed by atoms with Crippen LogP contribution in [0.2, 0.25) is 0 Å². The Hall–Kier alpha value is -0.960. The minimum absolute atomic E-state index is 0.896. The first-order valence-corrected chi connectivity index (χ1v) is 3.97. The lowest BCUT2D eigenvalue weighted by Gasteiger charge is -2.15. The van der Waals surface area contributed by atoms with Gasteiger partial charge in [0.25, 0.3) is 0 Å². The molecular weight excluding hydrogens is 156 g/mol. The van der Waals surface area contributed by atoms with Crippen LogP contribution < -0.4 is 4.90 Å². The van der Waals surface area contributed by atoms with Crippen LogP contribution in [0.1, 0.15) is 6.92 Å². The van der Waals surface area contributed by atoms with Crippen LogP contribution in [0, 0.1) is 0 Å². The van der Waals surface area contributed by atoms with E-state index in [2.05, 4.69) is 11.9 Å². The molecule has 11 heavy (non-hydrogen) atoms. The number of hydrogen-bond acceptors (Lipinski definition) is 2. The van der Waals surface area contributed by atoms with Gasteiger partial charge in [-0.25, -0.2) is 0 Å². The van der Waals surface area contributed by atoms with E-state index in [0.29, 0.717) is 0 Å². The van der Waals surface area contributed by atoms with Gasteiger partial charge in [-0.3, -0.25) is 4.98 Å². The number of anilines is 1. The average molecular weight is 166 g/mol. The largest absolute Gasteiger partial charge is 0.339 e. The summed E-state index contributed by atoms with van der Waals surface area (Å²) in [5.41, 5.74) is 2.74. The standard InChI is InChI=1S/C8H10N2S/c1-2-10(7-11)8-3-5-9-6-4-8/h3-7H,2H2,1H3. The summed E-state index contributed by atoms with van der Waals surface area (Å²) in [4.78, 5) is 5.90. The lowest BCUT2D eigenvalue weighted by atomic mass is 10.4. The summed E-state index contributed by atoms with van der Waals surface area (Å²) in [5, 5.41) is 0. The van der Waals surface area contributed by atoms with Gasteiger partial charge in [0.05, 0.1) is 5.49 Å². The Balaban J connectivity index is 2.82. The Morgan fingerprint density at radius 3 is 2.64 bits per heavy atom. The van der Waals surface area contributed by atoms with Gasteiger partial charge < -0.3 is 4.90 Å². The first kappa shape index (κ1) is 8.14. The average Bonchev–Trinajstić information content (AvgIpc) is 2.09. The quantitative estimate of drug-likeness (QED) is 0.638. The number of aromatic nitrogens is 1. The smallest absolute Gasteiger partial charge is 0.0685 e. The van der Waals surface area contributed by atoms with Crippen LogP contribution in [0.25, 0.3) is 0 Å². The minimum atomic E-state index is 0.896. The van der Waals surface area contributed by atoms with E-state index in [-0.39, 0.29) is 0 Å². The molecule has 1 heterocycles. The normalized spacial score (nSPS) is 9.18. The van der Waals surface area contributed by atoms with E-state index in [9.17, 15) is 0 Å². The molecule has 0 N–H and O–H groups in total. The number of nitrogens with zero attached hydrogens (tertiary/aromatic N) is 2. The van der Waals surface area contributed by atoms with Crippen LogP contribution in [-0.2, 0) is 0 Å². The Labute approximate surface area is 71.9 Å². The van der Waals surface area contributed by atoms with Crippen LogP contribution in [0.15, 0.2) is 24.5 Å². The maximum atomic E-state index is 4.84. The van der Waals surface area contributed by atoms with Crippen LogP contribution in [0.3, 0.4) is 0 Å². The Kier molecular flexibility index (Phi) is 2.98. The molecule has 1 aromatic rings. The summed E-state index contributed by atoms with van der Waals surface area (Å²) in [6.07, 6.45) is 3.52. The molecule has 0 saturated heterocycles. The van der Waals surface area contributed by atoms with Gasteiger partial charge in [0.15, 0.2) is 0 Å². The lowest BCUT2D eigenvalue weighted by Crippen LogP contribution is -2.18. The zero-order chi connectivity index (χ0) is 8.10. The molecule has 0 saturated carbocycles. The molecular formula is C8H10N2S. The minimum Gasteiger partial charge on any atom is -0.339 e. The van der Waals surface area contributed by atoms with Crippen molar-refractivity contribution in [2.24, 2.45) is 0 Å². The van der Waals surface area contributed by atoms with Crippen molar-refractivity contribution in [1.29, 1.82) is 0 Å². The summed E-state index contributed by atoms with van der Waals surface area (Å²) in [6, 6.07) is 3.87. The van der Waals surface area contributed by atoms with Crippen molar-refractivity contribution in [2.45, 2.75) is 6.92 Å². The van der Waals surface area contributed by atoms with E-state index in [4.69, 9.17) is 12.2 Å². The highest BCUT2D eigenvalue weighted by molar-refractivity contribution is 7.79. The van der Waals surface area contributed by atoms with Crippen molar-refractivity contribution in [3.8, 4) is 0 Å².